The summed E-state index contributed by atoms with van der Waals surface area (Å²) in [5, 5.41) is 9.32. The van der Waals surface area contributed by atoms with Gasteiger partial charge in [-0.1, -0.05) is 42.0 Å². The van der Waals surface area contributed by atoms with Gasteiger partial charge >= 0.3 is 0 Å². The van der Waals surface area contributed by atoms with E-state index >= 15 is 0 Å². The quantitative estimate of drug-likeness (QED) is 0.846. The Morgan fingerprint density at radius 2 is 1.89 bits per heavy atom. The molecule has 1 aliphatic rings. The van der Waals surface area contributed by atoms with Crippen LogP contribution >= 0.6 is 0 Å². The Kier molecular flexibility index (Phi) is 2.42. The van der Waals surface area contributed by atoms with Crippen LogP contribution in [-0.2, 0) is 5.54 Å². The van der Waals surface area contributed by atoms with E-state index in [2.05, 4.69) is 31.2 Å². The zero-order valence-corrected chi connectivity index (χ0v) is 10.4. The van der Waals surface area contributed by atoms with Crippen molar-refractivity contribution in [2.24, 2.45) is 5.73 Å². The molecule has 0 saturated heterocycles. The standard InChI is InChI=1S/C16H17NO/c1-11-3-2-4-12(9-11)15-10-16(15,17)13-5-7-14(18)8-6-13/h2-9,15,18H,10,17H2,1H3. The molecular weight excluding hydrogens is 222 g/mol. The van der Waals surface area contributed by atoms with E-state index in [0.29, 0.717) is 5.92 Å². The summed E-state index contributed by atoms with van der Waals surface area (Å²) >= 11 is 0. The van der Waals surface area contributed by atoms with Crippen LogP contribution in [-0.4, -0.2) is 5.11 Å². The third kappa shape index (κ3) is 1.79. The lowest BCUT2D eigenvalue weighted by molar-refractivity contribution is 0.474. The van der Waals surface area contributed by atoms with Crippen molar-refractivity contribution in [3.8, 4) is 5.75 Å². The molecule has 0 spiro atoms. The smallest absolute Gasteiger partial charge is 0.115 e. The summed E-state index contributed by atoms with van der Waals surface area (Å²) in [6.07, 6.45) is 0.973. The van der Waals surface area contributed by atoms with Gasteiger partial charge in [-0.15, -0.1) is 0 Å². The Bertz CT molecular complexity index is 576. The molecule has 0 aliphatic heterocycles. The highest BCUT2D eigenvalue weighted by molar-refractivity contribution is 5.43. The Morgan fingerprint density at radius 3 is 2.56 bits per heavy atom. The molecule has 3 N–H and O–H groups in total. The molecule has 18 heavy (non-hydrogen) atoms. The van der Waals surface area contributed by atoms with Gasteiger partial charge in [0.2, 0.25) is 0 Å². The van der Waals surface area contributed by atoms with Gasteiger partial charge in [0.1, 0.15) is 5.75 Å². The Hall–Kier alpha value is -1.80. The summed E-state index contributed by atoms with van der Waals surface area (Å²) in [4.78, 5) is 0. The highest BCUT2D eigenvalue weighted by atomic mass is 16.3. The average molecular weight is 239 g/mol. The van der Waals surface area contributed by atoms with Gasteiger partial charge in [-0.3, -0.25) is 0 Å². The molecule has 0 amide bonds. The predicted molar refractivity (Wildman–Crippen MR) is 72.5 cm³/mol. The van der Waals surface area contributed by atoms with Crippen LogP contribution in [0.4, 0.5) is 0 Å². The van der Waals surface area contributed by atoms with Crippen molar-refractivity contribution in [1.82, 2.24) is 0 Å². The van der Waals surface area contributed by atoms with E-state index in [9.17, 15) is 5.11 Å². The summed E-state index contributed by atoms with van der Waals surface area (Å²) in [6, 6.07) is 15.8. The summed E-state index contributed by atoms with van der Waals surface area (Å²) in [6.45, 7) is 2.10. The fraction of sp³-hybridized carbons (Fsp3) is 0.250. The summed E-state index contributed by atoms with van der Waals surface area (Å²) in [7, 11) is 0. The number of rotatable bonds is 2. The van der Waals surface area contributed by atoms with Gasteiger partial charge in [-0.25, -0.2) is 0 Å². The van der Waals surface area contributed by atoms with Gasteiger partial charge in [0, 0.05) is 11.5 Å². The lowest BCUT2D eigenvalue weighted by Crippen LogP contribution is -2.21. The second-order valence-corrected chi connectivity index (χ2v) is 5.26. The molecule has 0 bridgehead atoms. The first kappa shape index (κ1) is 11.3. The second kappa shape index (κ2) is 3.85. The fourth-order valence-electron chi connectivity index (χ4n) is 2.67. The first-order valence-corrected chi connectivity index (χ1v) is 6.24. The second-order valence-electron chi connectivity index (χ2n) is 5.26. The molecule has 0 radical (unpaired) electrons. The van der Waals surface area contributed by atoms with Crippen molar-refractivity contribution in [2.45, 2.75) is 24.8 Å². The maximum atomic E-state index is 9.32. The van der Waals surface area contributed by atoms with Gasteiger partial charge < -0.3 is 10.8 Å². The topological polar surface area (TPSA) is 46.2 Å². The van der Waals surface area contributed by atoms with Crippen molar-refractivity contribution < 1.29 is 5.11 Å². The lowest BCUT2D eigenvalue weighted by atomic mass is 9.98. The fourth-order valence-corrected chi connectivity index (χ4v) is 2.67. The Balaban J connectivity index is 1.90. The number of benzene rings is 2. The Labute approximate surface area is 107 Å². The number of phenols is 1. The van der Waals surface area contributed by atoms with Crippen LogP contribution in [0.25, 0.3) is 0 Å². The van der Waals surface area contributed by atoms with E-state index < -0.39 is 0 Å². The maximum Gasteiger partial charge on any atom is 0.115 e. The normalized spacial score (nSPS) is 26.0. The van der Waals surface area contributed by atoms with Crippen molar-refractivity contribution >= 4 is 0 Å². The highest BCUT2D eigenvalue weighted by Crippen LogP contribution is 2.56. The first-order chi connectivity index (χ1) is 8.59. The summed E-state index contributed by atoms with van der Waals surface area (Å²) in [5.74, 6) is 0.678. The van der Waals surface area contributed by atoms with Crippen LogP contribution in [0.2, 0.25) is 0 Å². The van der Waals surface area contributed by atoms with Crippen LogP contribution in [0.5, 0.6) is 5.75 Å². The van der Waals surface area contributed by atoms with E-state index in [1.54, 1.807) is 12.1 Å². The van der Waals surface area contributed by atoms with Gasteiger partial charge in [-0.05, 0) is 36.6 Å². The molecule has 2 aromatic carbocycles. The minimum absolute atomic E-state index is 0.262. The molecule has 1 saturated carbocycles. The first-order valence-electron chi connectivity index (χ1n) is 6.24. The maximum absolute atomic E-state index is 9.32. The van der Waals surface area contributed by atoms with Crippen LogP contribution < -0.4 is 5.73 Å². The number of hydrogen-bond donors (Lipinski definition) is 2. The highest BCUT2D eigenvalue weighted by Gasteiger charge is 2.52. The molecule has 1 fully saturated rings. The average Bonchev–Trinajstić information content (AvgIpc) is 3.04. The van der Waals surface area contributed by atoms with Crippen molar-refractivity contribution in [2.75, 3.05) is 0 Å². The van der Waals surface area contributed by atoms with E-state index in [1.807, 2.05) is 12.1 Å². The number of hydrogen-bond acceptors (Lipinski definition) is 2. The molecule has 2 aromatic rings. The molecule has 0 aromatic heterocycles. The minimum atomic E-state index is -0.262. The minimum Gasteiger partial charge on any atom is -0.508 e. The van der Waals surface area contributed by atoms with Crippen molar-refractivity contribution in [3.05, 3.63) is 65.2 Å². The zero-order valence-electron chi connectivity index (χ0n) is 10.4. The molecule has 0 heterocycles. The van der Waals surface area contributed by atoms with Crippen LogP contribution in [0.1, 0.15) is 29.0 Å². The van der Waals surface area contributed by atoms with Gasteiger partial charge in [-0.2, -0.15) is 0 Å². The zero-order chi connectivity index (χ0) is 12.8. The van der Waals surface area contributed by atoms with E-state index in [-0.39, 0.29) is 11.3 Å². The SMILES string of the molecule is Cc1cccc(C2CC2(N)c2ccc(O)cc2)c1. The number of aryl methyl sites for hydroxylation is 1. The molecule has 2 nitrogen and oxygen atoms in total. The van der Waals surface area contributed by atoms with Crippen LogP contribution in [0, 0.1) is 6.92 Å². The monoisotopic (exact) mass is 239 g/mol. The van der Waals surface area contributed by atoms with Gasteiger partial charge in [0.25, 0.3) is 0 Å². The molecule has 2 atom stereocenters. The van der Waals surface area contributed by atoms with E-state index in [0.717, 1.165) is 12.0 Å². The number of phenolic OH excluding ortho intramolecular Hbond substituents is 1. The molecular formula is C16H17NO. The lowest BCUT2D eigenvalue weighted by Gasteiger charge is -2.12. The third-order valence-corrected chi connectivity index (χ3v) is 3.85. The molecule has 2 heteroatoms. The van der Waals surface area contributed by atoms with Crippen molar-refractivity contribution in [1.29, 1.82) is 0 Å². The number of aromatic hydroxyl groups is 1. The Morgan fingerprint density at radius 1 is 1.17 bits per heavy atom. The molecule has 2 unspecified atom stereocenters. The molecule has 1 aliphatic carbocycles. The summed E-state index contributed by atoms with van der Waals surface area (Å²) in [5.41, 5.74) is 9.89. The van der Waals surface area contributed by atoms with Crippen molar-refractivity contribution in [3.63, 3.8) is 0 Å². The molecule has 92 valence electrons. The predicted octanol–water partition coefficient (Wildman–Crippen LogP) is 3.04. The van der Waals surface area contributed by atoms with E-state index in [1.165, 1.54) is 11.1 Å². The van der Waals surface area contributed by atoms with Crippen LogP contribution in [0.3, 0.4) is 0 Å². The van der Waals surface area contributed by atoms with Crippen LogP contribution in [0.15, 0.2) is 48.5 Å². The third-order valence-electron chi connectivity index (χ3n) is 3.85. The van der Waals surface area contributed by atoms with Gasteiger partial charge in [0.15, 0.2) is 0 Å². The largest absolute Gasteiger partial charge is 0.508 e. The molecule has 3 rings (SSSR count). The van der Waals surface area contributed by atoms with E-state index in [4.69, 9.17) is 5.73 Å². The van der Waals surface area contributed by atoms with Gasteiger partial charge in [0.05, 0.1) is 0 Å². The summed E-state index contributed by atoms with van der Waals surface area (Å²) < 4.78 is 0. The number of nitrogens with two attached hydrogens (primary N) is 1.